The minimum absolute atomic E-state index is 0.0268. The number of nitrogens with two attached hydrogens (primary N) is 1. The maximum Gasteiger partial charge on any atom is 0.234 e. The smallest absolute Gasteiger partial charge is 0.234 e. The van der Waals surface area contributed by atoms with Crippen LogP contribution in [0.1, 0.15) is 12.8 Å². The summed E-state index contributed by atoms with van der Waals surface area (Å²) in [6, 6.07) is -0.0268. The van der Waals surface area contributed by atoms with Crippen LogP contribution in [0.2, 0.25) is 0 Å². The number of carbonyl (C=O) groups excluding carboxylic acids is 1. The van der Waals surface area contributed by atoms with Crippen LogP contribution in [0, 0.1) is 0 Å². The second-order valence-corrected chi connectivity index (χ2v) is 4.55. The number of nitrogens with zero attached hydrogens (tertiary/aromatic N) is 2. The van der Waals surface area contributed by atoms with E-state index in [-0.39, 0.29) is 11.9 Å². The number of amides is 1. The molecule has 92 valence electrons. The fourth-order valence-corrected chi connectivity index (χ4v) is 2.51. The van der Waals surface area contributed by atoms with Crippen LogP contribution in [-0.4, -0.2) is 67.7 Å². The number of carbonyl (C=O) groups is 1. The summed E-state index contributed by atoms with van der Waals surface area (Å²) in [6.07, 6.45) is 2.02. The Balaban J connectivity index is 1.73. The predicted molar refractivity (Wildman–Crippen MR) is 61.0 cm³/mol. The Bertz CT molecular complexity index is 241. The number of hydrogen-bond donors (Lipinski definition) is 1. The highest BCUT2D eigenvalue weighted by Crippen LogP contribution is 2.16. The predicted octanol–water partition coefficient (Wildman–Crippen LogP) is -0.732. The van der Waals surface area contributed by atoms with Crippen LogP contribution < -0.4 is 5.73 Å². The first-order chi connectivity index (χ1) is 7.77. The Kier molecular flexibility index (Phi) is 4.15. The zero-order valence-corrected chi connectivity index (χ0v) is 9.73. The van der Waals surface area contributed by atoms with Gasteiger partial charge in [0.1, 0.15) is 0 Å². The van der Waals surface area contributed by atoms with Gasteiger partial charge in [-0.15, -0.1) is 0 Å². The van der Waals surface area contributed by atoms with E-state index in [9.17, 15) is 4.79 Å². The Morgan fingerprint density at radius 3 is 2.69 bits per heavy atom. The molecule has 0 bridgehead atoms. The zero-order chi connectivity index (χ0) is 11.4. The van der Waals surface area contributed by atoms with E-state index in [0.717, 1.165) is 58.8 Å². The van der Waals surface area contributed by atoms with Crippen molar-refractivity contribution in [3.8, 4) is 0 Å². The number of likely N-dealkylation sites (tertiary alicyclic amines) is 1. The number of hydrogen-bond acceptors (Lipinski definition) is 4. The summed E-state index contributed by atoms with van der Waals surface area (Å²) in [7, 11) is 0. The minimum atomic E-state index is -0.167. The van der Waals surface area contributed by atoms with Crippen molar-refractivity contribution in [3.63, 3.8) is 0 Å². The molecule has 0 unspecified atom stereocenters. The lowest BCUT2D eigenvalue weighted by Gasteiger charge is -2.29. The van der Waals surface area contributed by atoms with Gasteiger partial charge >= 0.3 is 0 Å². The van der Waals surface area contributed by atoms with E-state index in [2.05, 4.69) is 9.80 Å². The monoisotopic (exact) mass is 227 g/mol. The average Bonchev–Trinajstić information content (AvgIpc) is 2.76. The lowest BCUT2D eigenvalue weighted by Crippen LogP contribution is -2.46. The molecule has 0 spiro atoms. The van der Waals surface area contributed by atoms with Gasteiger partial charge in [-0.05, 0) is 19.4 Å². The third-order valence-electron chi connectivity index (χ3n) is 3.50. The van der Waals surface area contributed by atoms with Gasteiger partial charge in [0.15, 0.2) is 0 Å². The molecular formula is C11H21N3O2. The van der Waals surface area contributed by atoms with E-state index in [1.807, 2.05) is 0 Å². The molecule has 0 aromatic rings. The van der Waals surface area contributed by atoms with E-state index in [1.165, 1.54) is 0 Å². The summed E-state index contributed by atoms with van der Waals surface area (Å²) < 4.78 is 5.30. The van der Waals surface area contributed by atoms with Crippen molar-refractivity contribution in [1.29, 1.82) is 0 Å². The minimum Gasteiger partial charge on any atom is -0.379 e. The average molecular weight is 227 g/mol. The molecule has 2 N–H and O–H groups in total. The highest BCUT2D eigenvalue weighted by molar-refractivity contribution is 5.80. The lowest BCUT2D eigenvalue weighted by molar-refractivity contribution is -0.122. The highest BCUT2D eigenvalue weighted by Gasteiger charge is 2.28. The Hall–Kier alpha value is -0.650. The van der Waals surface area contributed by atoms with Crippen molar-refractivity contribution in [2.45, 2.75) is 18.9 Å². The van der Waals surface area contributed by atoms with Crippen LogP contribution in [-0.2, 0) is 9.53 Å². The molecular weight excluding hydrogens is 206 g/mol. The molecule has 0 radical (unpaired) electrons. The van der Waals surface area contributed by atoms with Crippen LogP contribution in [0.15, 0.2) is 0 Å². The molecule has 1 amide bonds. The molecule has 5 nitrogen and oxygen atoms in total. The first-order valence-corrected chi connectivity index (χ1v) is 6.11. The van der Waals surface area contributed by atoms with Gasteiger partial charge in [-0.2, -0.15) is 0 Å². The van der Waals surface area contributed by atoms with Crippen molar-refractivity contribution < 1.29 is 9.53 Å². The largest absolute Gasteiger partial charge is 0.379 e. The second-order valence-electron chi connectivity index (χ2n) is 4.55. The number of primary amides is 1. The first-order valence-electron chi connectivity index (χ1n) is 6.11. The van der Waals surface area contributed by atoms with E-state index in [0.29, 0.717) is 0 Å². The van der Waals surface area contributed by atoms with Crippen molar-refractivity contribution >= 4 is 5.91 Å². The Morgan fingerprint density at radius 2 is 2.00 bits per heavy atom. The number of morpholine rings is 1. The fourth-order valence-electron chi connectivity index (χ4n) is 2.51. The molecule has 2 aliphatic heterocycles. The Labute approximate surface area is 96.5 Å². The molecule has 2 saturated heterocycles. The van der Waals surface area contributed by atoms with Gasteiger partial charge < -0.3 is 10.5 Å². The molecule has 0 aromatic heterocycles. The highest BCUT2D eigenvalue weighted by atomic mass is 16.5. The molecule has 1 atom stereocenters. The summed E-state index contributed by atoms with van der Waals surface area (Å²) >= 11 is 0. The van der Waals surface area contributed by atoms with Crippen LogP contribution in [0.5, 0.6) is 0 Å². The topological polar surface area (TPSA) is 58.8 Å². The van der Waals surface area contributed by atoms with Crippen molar-refractivity contribution in [2.75, 3.05) is 45.9 Å². The van der Waals surface area contributed by atoms with Crippen LogP contribution in [0.4, 0.5) is 0 Å². The molecule has 16 heavy (non-hydrogen) atoms. The van der Waals surface area contributed by atoms with E-state index in [4.69, 9.17) is 10.5 Å². The normalized spacial score (nSPS) is 28.4. The molecule has 0 aromatic carbocycles. The molecule has 2 fully saturated rings. The molecule has 2 rings (SSSR count). The van der Waals surface area contributed by atoms with Gasteiger partial charge in [-0.3, -0.25) is 14.6 Å². The quantitative estimate of drug-likeness (QED) is 0.688. The first kappa shape index (κ1) is 11.8. The van der Waals surface area contributed by atoms with E-state index in [1.54, 1.807) is 0 Å². The van der Waals surface area contributed by atoms with E-state index >= 15 is 0 Å². The van der Waals surface area contributed by atoms with Gasteiger partial charge in [-0.25, -0.2) is 0 Å². The van der Waals surface area contributed by atoms with Crippen molar-refractivity contribution in [1.82, 2.24) is 9.80 Å². The second kappa shape index (κ2) is 5.61. The van der Waals surface area contributed by atoms with Crippen LogP contribution >= 0.6 is 0 Å². The molecule has 5 heteroatoms. The maximum absolute atomic E-state index is 11.2. The van der Waals surface area contributed by atoms with Crippen LogP contribution in [0.25, 0.3) is 0 Å². The lowest BCUT2D eigenvalue weighted by atomic mass is 10.2. The van der Waals surface area contributed by atoms with Gasteiger partial charge in [0.05, 0.1) is 19.3 Å². The zero-order valence-electron chi connectivity index (χ0n) is 9.73. The van der Waals surface area contributed by atoms with Crippen molar-refractivity contribution in [3.05, 3.63) is 0 Å². The van der Waals surface area contributed by atoms with Gasteiger partial charge in [0.2, 0.25) is 5.91 Å². The van der Waals surface area contributed by atoms with Crippen LogP contribution in [0.3, 0.4) is 0 Å². The summed E-state index contributed by atoms with van der Waals surface area (Å²) in [5.41, 5.74) is 5.38. The summed E-state index contributed by atoms with van der Waals surface area (Å²) in [5, 5.41) is 0. The molecule has 0 aliphatic carbocycles. The molecule has 0 saturated carbocycles. The fraction of sp³-hybridized carbons (Fsp3) is 0.909. The van der Waals surface area contributed by atoms with Crippen molar-refractivity contribution in [2.24, 2.45) is 5.73 Å². The Morgan fingerprint density at radius 1 is 1.25 bits per heavy atom. The molecule has 2 heterocycles. The summed E-state index contributed by atoms with van der Waals surface area (Å²) in [5.74, 6) is -0.167. The number of rotatable bonds is 4. The van der Waals surface area contributed by atoms with Gasteiger partial charge in [0, 0.05) is 26.2 Å². The third-order valence-corrected chi connectivity index (χ3v) is 3.50. The van der Waals surface area contributed by atoms with Gasteiger partial charge in [-0.1, -0.05) is 0 Å². The SMILES string of the molecule is NC(=O)[C@@H]1CCCN1CCN1CCOCC1. The summed E-state index contributed by atoms with van der Waals surface area (Å²) in [6.45, 7) is 6.67. The standard InChI is InChI=1S/C11H21N3O2/c12-11(15)10-2-1-3-14(10)5-4-13-6-8-16-9-7-13/h10H,1-9H2,(H2,12,15)/t10-/m0/s1. The molecule has 2 aliphatic rings. The third kappa shape index (κ3) is 2.93. The van der Waals surface area contributed by atoms with Gasteiger partial charge in [0.25, 0.3) is 0 Å². The number of ether oxygens (including phenoxy) is 1. The summed E-state index contributed by atoms with van der Waals surface area (Å²) in [4.78, 5) is 15.8. The van der Waals surface area contributed by atoms with E-state index < -0.39 is 0 Å². The maximum atomic E-state index is 11.2.